The van der Waals surface area contributed by atoms with Crippen molar-refractivity contribution in [2.45, 2.75) is 6.92 Å². The molecule has 1 heterocycles. The Hall–Kier alpha value is -1.48. The largest absolute Gasteiger partial charge is 0.493 e. The number of hydrogen-bond donors (Lipinski definition) is 1. The number of aromatic hydroxyl groups is 1. The first-order valence-electron chi connectivity index (χ1n) is 4.07. The number of hydrogen-bond acceptors (Lipinski definition) is 2. The summed E-state index contributed by atoms with van der Waals surface area (Å²) in [5.74, 6) is 0.158. The summed E-state index contributed by atoms with van der Waals surface area (Å²) in [4.78, 5) is 0. The van der Waals surface area contributed by atoms with Crippen molar-refractivity contribution in [3.8, 4) is 11.6 Å². The highest BCUT2D eigenvalue weighted by Crippen LogP contribution is 2.15. The average Bonchev–Trinajstić information content (AvgIpc) is 2.51. The van der Waals surface area contributed by atoms with Crippen LogP contribution < -0.4 is 0 Å². The van der Waals surface area contributed by atoms with Gasteiger partial charge in [0.15, 0.2) is 0 Å². The molecule has 14 heavy (non-hydrogen) atoms. The van der Waals surface area contributed by atoms with E-state index in [1.807, 2.05) is 31.2 Å². The fourth-order valence-corrected chi connectivity index (χ4v) is 1.26. The standard InChI is InChI=1S/C10H10N2O.ClH/c1-8-3-2-4-9(7-8)12-10(13)5-6-11-12;/h2-7,13H,1H3;1H. The van der Waals surface area contributed by atoms with Crippen LogP contribution in [0.2, 0.25) is 0 Å². The van der Waals surface area contributed by atoms with Crippen LogP contribution in [0.1, 0.15) is 5.56 Å². The average molecular weight is 211 g/mol. The highest BCUT2D eigenvalue weighted by atomic mass is 35.5. The van der Waals surface area contributed by atoms with Crippen molar-refractivity contribution in [2.75, 3.05) is 0 Å². The van der Waals surface area contributed by atoms with E-state index in [9.17, 15) is 5.11 Å². The molecule has 0 fully saturated rings. The number of nitrogens with zero attached hydrogens (tertiary/aromatic N) is 2. The molecular formula is C10H11ClN2O. The van der Waals surface area contributed by atoms with Gasteiger partial charge in [0.2, 0.25) is 5.88 Å². The number of halogens is 1. The molecule has 0 saturated heterocycles. The quantitative estimate of drug-likeness (QED) is 0.785. The van der Waals surface area contributed by atoms with Crippen molar-refractivity contribution in [3.05, 3.63) is 42.1 Å². The van der Waals surface area contributed by atoms with E-state index in [1.165, 1.54) is 4.68 Å². The van der Waals surface area contributed by atoms with Gasteiger partial charge in [0.05, 0.1) is 11.9 Å². The minimum atomic E-state index is 0. The van der Waals surface area contributed by atoms with E-state index in [4.69, 9.17) is 0 Å². The van der Waals surface area contributed by atoms with E-state index in [0.29, 0.717) is 0 Å². The zero-order valence-electron chi connectivity index (χ0n) is 7.71. The van der Waals surface area contributed by atoms with Crippen LogP contribution in [0.25, 0.3) is 5.69 Å². The second-order valence-corrected chi connectivity index (χ2v) is 2.94. The van der Waals surface area contributed by atoms with Crippen molar-refractivity contribution in [1.82, 2.24) is 9.78 Å². The third kappa shape index (κ3) is 1.88. The van der Waals surface area contributed by atoms with Gasteiger partial charge in [-0.25, -0.2) is 4.68 Å². The molecule has 0 bridgehead atoms. The molecular weight excluding hydrogens is 200 g/mol. The lowest BCUT2D eigenvalue weighted by Gasteiger charge is -2.02. The minimum Gasteiger partial charge on any atom is -0.493 e. The highest BCUT2D eigenvalue weighted by Gasteiger charge is 2.01. The van der Waals surface area contributed by atoms with Crippen LogP contribution in [0.3, 0.4) is 0 Å². The van der Waals surface area contributed by atoms with Crippen LogP contribution in [0.15, 0.2) is 36.5 Å². The van der Waals surface area contributed by atoms with Gasteiger partial charge in [0, 0.05) is 6.07 Å². The van der Waals surface area contributed by atoms with Crippen molar-refractivity contribution in [2.24, 2.45) is 0 Å². The van der Waals surface area contributed by atoms with Crippen molar-refractivity contribution >= 4 is 12.4 Å². The van der Waals surface area contributed by atoms with Gasteiger partial charge in [-0.1, -0.05) is 12.1 Å². The van der Waals surface area contributed by atoms with E-state index in [-0.39, 0.29) is 18.3 Å². The van der Waals surface area contributed by atoms with Crippen molar-refractivity contribution < 1.29 is 5.11 Å². The molecule has 4 heteroatoms. The van der Waals surface area contributed by atoms with Crippen LogP contribution in [0.5, 0.6) is 5.88 Å². The number of aryl methyl sites for hydroxylation is 1. The maximum absolute atomic E-state index is 9.40. The first kappa shape index (κ1) is 10.6. The van der Waals surface area contributed by atoms with Gasteiger partial charge in [0.25, 0.3) is 0 Å². The Labute approximate surface area is 88.4 Å². The minimum absolute atomic E-state index is 0. The Morgan fingerprint density at radius 3 is 2.64 bits per heavy atom. The lowest BCUT2D eigenvalue weighted by atomic mass is 10.2. The van der Waals surface area contributed by atoms with E-state index < -0.39 is 0 Å². The van der Waals surface area contributed by atoms with Gasteiger partial charge in [-0.15, -0.1) is 12.4 Å². The highest BCUT2D eigenvalue weighted by molar-refractivity contribution is 5.85. The molecule has 0 atom stereocenters. The zero-order valence-corrected chi connectivity index (χ0v) is 8.53. The monoisotopic (exact) mass is 210 g/mol. The molecule has 1 aromatic heterocycles. The lowest BCUT2D eigenvalue weighted by Crippen LogP contribution is -1.95. The summed E-state index contributed by atoms with van der Waals surface area (Å²) in [6.45, 7) is 2.00. The molecule has 0 aliphatic rings. The molecule has 1 aromatic carbocycles. The second kappa shape index (κ2) is 4.15. The molecule has 74 valence electrons. The van der Waals surface area contributed by atoms with Gasteiger partial charge < -0.3 is 5.11 Å². The third-order valence-corrected chi connectivity index (χ3v) is 1.87. The first-order valence-corrected chi connectivity index (χ1v) is 4.07. The van der Waals surface area contributed by atoms with Gasteiger partial charge in [0.1, 0.15) is 0 Å². The molecule has 2 aromatic rings. The molecule has 2 rings (SSSR count). The number of aromatic nitrogens is 2. The molecule has 0 amide bonds. The molecule has 0 aliphatic carbocycles. The van der Waals surface area contributed by atoms with E-state index in [0.717, 1.165) is 11.3 Å². The maximum Gasteiger partial charge on any atom is 0.214 e. The summed E-state index contributed by atoms with van der Waals surface area (Å²) in [5.41, 5.74) is 2.02. The molecule has 1 N–H and O–H groups in total. The summed E-state index contributed by atoms with van der Waals surface area (Å²) >= 11 is 0. The summed E-state index contributed by atoms with van der Waals surface area (Å²) in [6, 6.07) is 9.37. The van der Waals surface area contributed by atoms with Crippen LogP contribution in [-0.4, -0.2) is 14.9 Å². The third-order valence-electron chi connectivity index (χ3n) is 1.87. The summed E-state index contributed by atoms with van der Waals surface area (Å²) in [5, 5.41) is 13.4. The topological polar surface area (TPSA) is 38.0 Å². The van der Waals surface area contributed by atoms with Crippen LogP contribution in [0, 0.1) is 6.92 Å². The Bertz CT molecular complexity index is 426. The second-order valence-electron chi connectivity index (χ2n) is 2.94. The summed E-state index contributed by atoms with van der Waals surface area (Å²) < 4.78 is 1.49. The fourth-order valence-electron chi connectivity index (χ4n) is 1.26. The van der Waals surface area contributed by atoms with Gasteiger partial charge >= 0.3 is 0 Å². The Balaban J connectivity index is 0.000000980. The Kier molecular flexibility index (Phi) is 3.14. The summed E-state index contributed by atoms with van der Waals surface area (Å²) in [7, 11) is 0. The van der Waals surface area contributed by atoms with Gasteiger partial charge in [-0.2, -0.15) is 5.10 Å². The molecule has 0 spiro atoms. The predicted molar refractivity (Wildman–Crippen MR) is 57.2 cm³/mol. The SMILES string of the molecule is Cc1cccc(-n2nccc2O)c1.Cl. The Morgan fingerprint density at radius 1 is 1.29 bits per heavy atom. The van der Waals surface area contributed by atoms with Crippen LogP contribution in [-0.2, 0) is 0 Å². The van der Waals surface area contributed by atoms with Crippen molar-refractivity contribution in [1.29, 1.82) is 0 Å². The van der Waals surface area contributed by atoms with Gasteiger partial charge in [-0.05, 0) is 24.6 Å². The van der Waals surface area contributed by atoms with Crippen LogP contribution in [0.4, 0.5) is 0 Å². The molecule has 0 saturated carbocycles. The predicted octanol–water partition coefficient (Wildman–Crippen LogP) is 2.31. The van der Waals surface area contributed by atoms with Gasteiger partial charge in [-0.3, -0.25) is 0 Å². The summed E-state index contributed by atoms with van der Waals surface area (Å²) in [6.07, 6.45) is 1.57. The van der Waals surface area contributed by atoms with Crippen LogP contribution >= 0.6 is 12.4 Å². The fraction of sp³-hybridized carbons (Fsp3) is 0.100. The van der Waals surface area contributed by atoms with Crippen molar-refractivity contribution in [3.63, 3.8) is 0 Å². The zero-order chi connectivity index (χ0) is 9.26. The number of rotatable bonds is 1. The van der Waals surface area contributed by atoms with E-state index in [2.05, 4.69) is 5.10 Å². The normalized spacial score (nSPS) is 9.50. The number of benzene rings is 1. The molecule has 3 nitrogen and oxygen atoms in total. The van der Waals surface area contributed by atoms with E-state index >= 15 is 0 Å². The first-order chi connectivity index (χ1) is 6.27. The maximum atomic E-state index is 9.40. The lowest BCUT2D eigenvalue weighted by molar-refractivity contribution is 0.433. The van der Waals surface area contributed by atoms with E-state index in [1.54, 1.807) is 12.3 Å². The smallest absolute Gasteiger partial charge is 0.214 e. The molecule has 0 radical (unpaired) electrons. The molecule has 0 unspecified atom stereocenters. The molecule has 0 aliphatic heterocycles. The Morgan fingerprint density at radius 2 is 2.07 bits per heavy atom.